The van der Waals surface area contributed by atoms with Crippen LogP contribution in [0.15, 0.2) is 0 Å². The Morgan fingerprint density at radius 1 is 1.50 bits per heavy atom. The van der Waals surface area contributed by atoms with E-state index in [9.17, 15) is 4.79 Å². The van der Waals surface area contributed by atoms with Gasteiger partial charge in [0.05, 0.1) is 12.1 Å². The van der Waals surface area contributed by atoms with Crippen molar-refractivity contribution >= 4 is 5.91 Å². The van der Waals surface area contributed by atoms with Crippen molar-refractivity contribution in [3.05, 3.63) is 17.0 Å². The highest BCUT2D eigenvalue weighted by molar-refractivity contribution is 5.79. The lowest BCUT2D eigenvalue weighted by atomic mass is 9.96. The van der Waals surface area contributed by atoms with E-state index in [1.165, 1.54) is 12.8 Å². The Kier molecular flexibility index (Phi) is 5.17. The monoisotopic (exact) mass is 278 g/mol. The SMILES string of the molecule is Cc1nn(C)c(C)c1CC(=O)NCCC1CCCNC1. The molecule has 1 aromatic heterocycles. The van der Waals surface area contributed by atoms with Gasteiger partial charge in [0.15, 0.2) is 0 Å². The van der Waals surface area contributed by atoms with Crippen molar-refractivity contribution in [2.24, 2.45) is 13.0 Å². The molecule has 1 saturated heterocycles. The van der Waals surface area contributed by atoms with Gasteiger partial charge >= 0.3 is 0 Å². The fraction of sp³-hybridized carbons (Fsp3) is 0.733. The fourth-order valence-corrected chi connectivity index (χ4v) is 2.88. The number of aromatic nitrogens is 2. The first-order valence-corrected chi connectivity index (χ1v) is 7.54. The van der Waals surface area contributed by atoms with Gasteiger partial charge in [-0.3, -0.25) is 9.48 Å². The lowest BCUT2D eigenvalue weighted by molar-refractivity contribution is -0.120. The average molecular weight is 278 g/mol. The van der Waals surface area contributed by atoms with E-state index in [4.69, 9.17) is 0 Å². The third-order valence-electron chi connectivity index (χ3n) is 4.27. The molecule has 2 rings (SSSR count). The summed E-state index contributed by atoms with van der Waals surface area (Å²) in [6, 6.07) is 0. The van der Waals surface area contributed by atoms with Crippen LogP contribution in [-0.2, 0) is 18.3 Å². The number of amides is 1. The molecule has 5 heteroatoms. The third kappa shape index (κ3) is 3.82. The molecule has 1 fully saturated rings. The molecule has 0 spiro atoms. The quantitative estimate of drug-likeness (QED) is 0.847. The molecule has 0 saturated carbocycles. The molecule has 20 heavy (non-hydrogen) atoms. The summed E-state index contributed by atoms with van der Waals surface area (Å²) in [5.41, 5.74) is 3.09. The second-order valence-electron chi connectivity index (χ2n) is 5.80. The smallest absolute Gasteiger partial charge is 0.224 e. The number of nitrogens with zero attached hydrogens (tertiary/aromatic N) is 2. The number of carbonyl (C=O) groups excluding carboxylic acids is 1. The van der Waals surface area contributed by atoms with Crippen LogP contribution >= 0.6 is 0 Å². The number of hydrogen-bond donors (Lipinski definition) is 2. The van der Waals surface area contributed by atoms with Gasteiger partial charge in [0.1, 0.15) is 0 Å². The maximum Gasteiger partial charge on any atom is 0.224 e. The Hall–Kier alpha value is -1.36. The van der Waals surface area contributed by atoms with Gasteiger partial charge < -0.3 is 10.6 Å². The molecule has 5 nitrogen and oxygen atoms in total. The first-order chi connectivity index (χ1) is 9.58. The van der Waals surface area contributed by atoms with E-state index in [0.717, 1.165) is 43.0 Å². The highest BCUT2D eigenvalue weighted by Crippen LogP contribution is 2.14. The Balaban J connectivity index is 1.75. The summed E-state index contributed by atoms with van der Waals surface area (Å²) in [6.07, 6.45) is 4.05. The van der Waals surface area contributed by atoms with E-state index in [1.807, 2.05) is 25.6 Å². The van der Waals surface area contributed by atoms with E-state index in [0.29, 0.717) is 12.3 Å². The van der Waals surface area contributed by atoms with Gasteiger partial charge in [-0.05, 0) is 52.1 Å². The molecule has 0 radical (unpaired) electrons. The molecule has 1 aromatic rings. The normalized spacial score (nSPS) is 19.1. The Morgan fingerprint density at radius 2 is 2.30 bits per heavy atom. The van der Waals surface area contributed by atoms with Crippen molar-refractivity contribution < 1.29 is 4.79 Å². The van der Waals surface area contributed by atoms with E-state index in [1.54, 1.807) is 0 Å². The maximum absolute atomic E-state index is 12.0. The summed E-state index contributed by atoms with van der Waals surface area (Å²) in [5, 5.41) is 10.8. The van der Waals surface area contributed by atoms with Crippen LogP contribution in [0, 0.1) is 19.8 Å². The van der Waals surface area contributed by atoms with Gasteiger partial charge in [-0.15, -0.1) is 0 Å². The summed E-state index contributed by atoms with van der Waals surface area (Å²) in [7, 11) is 1.92. The maximum atomic E-state index is 12.0. The second-order valence-corrected chi connectivity index (χ2v) is 5.80. The molecule has 1 unspecified atom stereocenters. The van der Waals surface area contributed by atoms with Crippen LogP contribution in [0.4, 0.5) is 0 Å². The van der Waals surface area contributed by atoms with Crippen molar-refractivity contribution in [3.8, 4) is 0 Å². The second kappa shape index (κ2) is 6.88. The zero-order chi connectivity index (χ0) is 14.5. The van der Waals surface area contributed by atoms with Crippen LogP contribution < -0.4 is 10.6 Å². The topological polar surface area (TPSA) is 59.0 Å². The minimum absolute atomic E-state index is 0.105. The minimum Gasteiger partial charge on any atom is -0.356 e. The predicted molar refractivity (Wildman–Crippen MR) is 79.6 cm³/mol. The zero-order valence-corrected chi connectivity index (χ0v) is 12.8. The summed E-state index contributed by atoms with van der Waals surface area (Å²) >= 11 is 0. The first kappa shape index (κ1) is 15.0. The Bertz CT molecular complexity index is 461. The van der Waals surface area contributed by atoms with Crippen molar-refractivity contribution in [1.29, 1.82) is 0 Å². The predicted octanol–water partition coefficient (Wildman–Crippen LogP) is 1.09. The summed E-state index contributed by atoms with van der Waals surface area (Å²) in [6.45, 7) is 6.99. The van der Waals surface area contributed by atoms with Crippen molar-refractivity contribution in [2.75, 3.05) is 19.6 Å². The molecule has 112 valence electrons. The highest BCUT2D eigenvalue weighted by atomic mass is 16.1. The largest absolute Gasteiger partial charge is 0.356 e. The van der Waals surface area contributed by atoms with Crippen molar-refractivity contribution in [2.45, 2.75) is 39.5 Å². The van der Waals surface area contributed by atoms with Crippen molar-refractivity contribution in [1.82, 2.24) is 20.4 Å². The molecule has 1 aliphatic rings. The van der Waals surface area contributed by atoms with E-state index in [-0.39, 0.29) is 5.91 Å². The fourth-order valence-electron chi connectivity index (χ4n) is 2.88. The zero-order valence-electron chi connectivity index (χ0n) is 12.8. The molecule has 0 aliphatic carbocycles. The lowest BCUT2D eigenvalue weighted by Crippen LogP contribution is -2.33. The molecular formula is C15H26N4O. The summed E-state index contributed by atoms with van der Waals surface area (Å²) in [5.74, 6) is 0.818. The molecule has 1 atom stereocenters. The molecule has 1 aliphatic heterocycles. The number of hydrogen-bond acceptors (Lipinski definition) is 3. The minimum atomic E-state index is 0.105. The number of nitrogens with one attached hydrogen (secondary N) is 2. The number of rotatable bonds is 5. The van der Waals surface area contributed by atoms with E-state index < -0.39 is 0 Å². The van der Waals surface area contributed by atoms with Crippen molar-refractivity contribution in [3.63, 3.8) is 0 Å². The number of piperidine rings is 1. The van der Waals surface area contributed by atoms with Crippen LogP contribution in [0.1, 0.15) is 36.2 Å². The summed E-state index contributed by atoms with van der Waals surface area (Å²) in [4.78, 5) is 12.0. The van der Waals surface area contributed by atoms with Gasteiger partial charge in [0.25, 0.3) is 0 Å². The van der Waals surface area contributed by atoms with Gasteiger partial charge in [0.2, 0.25) is 5.91 Å². The van der Waals surface area contributed by atoms with Gasteiger partial charge in [-0.2, -0.15) is 5.10 Å². The average Bonchev–Trinajstić information content (AvgIpc) is 2.67. The van der Waals surface area contributed by atoms with Gasteiger partial charge in [0, 0.05) is 24.8 Å². The highest BCUT2D eigenvalue weighted by Gasteiger charge is 2.15. The summed E-state index contributed by atoms with van der Waals surface area (Å²) < 4.78 is 1.84. The molecular weight excluding hydrogens is 252 g/mol. The van der Waals surface area contributed by atoms with Gasteiger partial charge in [-0.1, -0.05) is 0 Å². The standard InChI is InChI=1S/C15H26N4O/c1-11-14(12(2)19(3)18-11)9-15(20)17-8-6-13-5-4-7-16-10-13/h13,16H,4-10H2,1-3H3,(H,17,20). The van der Waals surface area contributed by atoms with E-state index in [2.05, 4.69) is 15.7 Å². The van der Waals surface area contributed by atoms with Crippen LogP contribution in [0.5, 0.6) is 0 Å². The number of carbonyl (C=O) groups is 1. The lowest BCUT2D eigenvalue weighted by Gasteiger charge is -2.22. The van der Waals surface area contributed by atoms with Crippen LogP contribution in [0.3, 0.4) is 0 Å². The third-order valence-corrected chi connectivity index (χ3v) is 4.27. The van der Waals surface area contributed by atoms with Crippen LogP contribution in [-0.4, -0.2) is 35.3 Å². The molecule has 1 amide bonds. The van der Waals surface area contributed by atoms with Crippen LogP contribution in [0.2, 0.25) is 0 Å². The number of aryl methyl sites for hydroxylation is 2. The van der Waals surface area contributed by atoms with E-state index >= 15 is 0 Å². The molecule has 2 heterocycles. The first-order valence-electron chi connectivity index (χ1n) is 7.54. The molecule has 0 aromatic carbocycles. The van der Waals surface area contributed by atoms with Crippen LogP contribution in [0.25, 0.3) is 0 Å². The Labute approximate surface area is 121 Å². The molecule has 0 bridgehead atoms. The molecule has 2 N–H and O–H groups in total. The van der Waals surface area contributed by atoms with Gasteiger partial charge in [-0.25, -0.2) is 0 Å². The Morgan fingerprint density at radius 3 is 2.90 bits per heavy atom.